The van der Waals surface area contributed by atoms with Crippen molar-refractivity contribution in [3.63, 3.8) is 0 Å². The normalized spacial score (nSPS) is 11.0. The second-order valence-electron chi connectivity index (χ2n) is 3.17. The van der Waals surface area contributed by atoms with E-state index in [9.17, 15) is 0 Å². The summed E-state index contributed by atoms with van der Waals surface area (Å²) in [4.78, 5) is 8.69. The number of aromatic nitrogens is 1. The predicted octanol–water partition coefficient (Wildman–Crippen LogP) is 3.60. The molecule has 2 heteroatoms. The molecular weight excluding hydrogens is 184 g/mol. The molecule has 1 aromatic heterocycles. The van der Waals surface area contributed by atoms with Crippen LogP contribution in [-0.4, -0.2) is 11.2 Å². The van der Waals surface area contributed by atoms with E-state index in [1.54, 1.807) is 18.5 Å². The number of fused-ring (bicyclic) bond motifs is 1. The predicted molar refractivity (Wildman–Crippen MR) is 65.7 cm³/mol. The molecule has 0 amide bonds. The molecule has 0 atom stereocenters. The summed E-state index contributed by atoms with van der Waals surface area (Å²) in [5, 5.41) is 1.10. The second-order valence-corrected chi connectivity index (χ2v) is 3.17. The first-order chi connectivity index (χ1) is 7.36. The van der Waals surface area contributed by atoms with Crippen molar-refractivity contribution in [1.29, 1.82) is 0 Å². The summed E-state index contributed by atoms with van der Waals surface area (Å²) in [6, 6.07) is 8.01. The number of hydrogen-bond donors (Lipinski definition) is 0. The molecule has 0 radical (unpaired) electrons. The molecular formula is C13H12N2. The van der Waals surface area contributed by atoms with Gasteiger partial charge in [0.05, 0.1) is 11.2 Å². The molecule has 0 aliphatic rings. The molecule has 0 fully saturated rings. The van der Waals surface area contributed by atoms with Crippen molar-refractivity contribution in [3.8, 4) is 0 Å². The number of nitrogens with zero attached hydrogens (tertiary/aromatic N) is 2. The zero-order valence-electron chi connectivity index (χ0n) is 8.64. The summed E-state index contributed by atoms with van der Waals surface area (Å²) < 4.78 is 0. The molecule has 2 aromatic rings. The van der Waals surface area contributed by atoms with Crippen LogP contribution in [0.1, 0.15) is 12.5 Å². The quantitative estimate of drug-likeness (QED) is 0.674. The summed E-state index contributed by atoms with van der Waals surface area (Å²) in [7, 11) is 0. The fourth-order valence-electron chi connectivity index (χ4n) is 1.57. The van der Waals surface area contributed by atoms with Crippen LogP contribution in [0.4, 0.5) is 5.69 Å². The van der Waals surface area contributed by atoms with Gasteiger partial charge in [-0.05, 0) is 13.0 Å². The molecule has 0 unspecified atom stereocenters. The first-order valence-corrected chi connectivity index (χ1v) is 4.85. The van der Waals surface area contributed by atoms with Crippen LogP contribution in [0, 0.1) is 0 Å². The van der Waals surface area contributed by atoms with Crippen LogP contribution in [-0.2, 0) is 0 Å². The summed E-state index contributed by atoms with van der Waals surface area (Å²) in [5.41, 5.74) is 2.83. The van der Waals surface area contributed by atoms with Gasteiger partial charge < -0.3 is 0 Å². The van der Waals surface area contributed by atoms with E-state index in [1.807, 2.05) is 31.2 Å². The summed E-state index contributed by atoms with van der Waals surface area (Å²) >= 11 is 0. The molecule has 0 aliphatic heterocycles. The van der Waals surface area contributed by atoms with E-state index < -0.39 is 0 Å². The maximum absolute atomic E-state index is 4.35. The lowest BCUT2D eigenvalue weighted by molar-refractivity contribution is 1.39. The van der Waals surface area contributed by atoms with Crippen molar-refractivity contribution in [2.45, 2.75) is 6.92 Å². The van der Waals surface area contributed by atoms with Gasteiger partial charge in [-0.3, -0.25) is 9.98 Å². The number of hydrogen-bond acceptors (Lipinski definition) is 2. The van der Waals surface area contributed by atoms with Crippen LogP contribution in [0.3, 0.4) is 0 Å². The molecule has 1 heterocycles. The molecule has 2 nitrogen and oxygen atoms in total. The largest absolute Gasteiger partial charge is 0.259 e. The zero-order valence-corrected chi connectivity index (χ0v) is 8.64. The first-order valence-electron chi connectivity index (χ1n) is 4.85. The lowest BCUT2D eigenvalue weighted by atomic mass is 10.1. The Balaban J connectivity index is 2.84. The van der Waals surface area contributed by atoms with Crippen molar-refractivity contribution in [3.05, 3.63) is 42.6 Å². The highest BCUT2D eigenvalue weighted by Gasteiger charge is 2.03. The van der Waals surface area contributed by atoms with Crippen LogP contribution in [0.5, 0.6) is 0 Å². The summed E-state index contributed by atoms with van der Waals surface area (Å²) in [5.74, 6) is 0. The van der Waals surface area contributed by atoms with Gasteiger partial charge in [0.25, 0.3) is 0 Å². The van der Waals surface area contributed by atoms with E-state index >= 15 is 0 Å². The maximum atomic E-state index is 4.35. The number of aliphatic imine (C=N–C) groups is 1. The minimum Gasteiger partial charge on any atom is -0.259 e. The zero-order chi connectivity index (χ0) is 10.7. The molecule has 0 saturated heterocycles. The third kappa shape index (κ3) is 1.66. The molecule has 0 aliphatic carbocycles. The molecule has 0 spiro atoms. The Kier molecular flexibility index (Phi) is 2.59. The Morgan fingerprint density at radius 1 is 1.33 bits per heavy atom. The highest BCUT2D eigenvalue weighted by molar-refractivity contribution is 5.94. The van der Waals surface area contributed by atoms with Gasteiger partial charge in [-0.25, -0.2) is 0 Å². The van der Waals surface area contributed by atoms with Crippen molar-refractivity contribution < 1.29 is 0 Å². The number of benzene rings is 1. The van der Waals surface area contributed by atoms with Crippen LogP contribution >= 0.6 is 0 Å². The van der Waals surface area contributed by atoms with Crippen LogP contribution in [0.25, 0.3) is 17.0 Å². The molecule has 1 aromatic carbocycles. The Bertz CT molecular complexity index is 527. The molecule has 2 rings (SSSR count). The van der Waals surface area contributed by atoms with Gasteiger partial charge in [0, 0.05) is 23.4 Å². The van der Waals surface area contributed by atoms with Gasteiger partial charge in [0.1, 0.15) is 0 Å². The molecule has 15 heavy (non-hydrogen) atoms. The Hall–Kier alpha value is -1.96. The highest BCUT2D eigenvalue weighted by Crippen LogP contribution is 2.28. The minimum atomic E-state index is 0.894. The second kappa shape index (κ2) is 4.05. The van der Waals surface area contributed by atoms with Gasteiger partial charge in [0.2, 0.25) is 0 Å². The van der Waals surface area contributed by atoms with Crippen molar-refractivity contribution >= 4 is 28.9 Å². The molecule has 0 saturated carbocycles. The molecule has 74 valence electrons. The topological polar surface area (TPSA) is 25.2 Å². The third-order valence-corrected chi connectivity index (χ3v) is 2.26. The average molecular weight is 196 g/mol. The van der Waals surface area contributed by atoms with Gasteiger partial charge in [-0.1, -0.05) is 30.9 Å². The van der Waals surface area contributed by atoms with Crippen LogP contribution in [0.15, 0.2) is 42.0 Å². The SMILES string of the molecule is C=Cc1ccc2cccnc2c1/N=C\C. The van der Waals surface area contributed by atoms with Gasteiger partial charge in [0.15, 0.2) is 0 Å². The Morgan fingerprint density at radius 3 is 2.93 bits per heavy atom. The summed E-state index contributed by atoms with van der Waals surface area (Å²) in [6.45, 7) is 5.68. The Labute approximate surface area is 89.0 Å². The fourth-order valence-corrected chi connectivity index (χ4v) is 1.57. The van der Waals surface area contributed by atoms with Gasteiger partial charge in [-0.15, -0.1) is 0 Å². The average Bonchev–Trinajstić information content (AvgIpc) is 2.30. The van der Waals surface area contributed by atoms with Crippen molar-refractivity contribution in [2.24, 2.45) is 4.99 Å². The van der Waals surface area contributed by atoms with Crippen LogP contribution in [0.2, 0.25) is 0 Å². The Morgan fingerprint density at radius 2 is 2.20 bits per heavy atom. The first kappa shape index (κ1) is 9.59. The van der Waals surface area contributed by atoms with Crippen molar-refractivity contribution in [2.75, 3.05) is 0 Å². The van der Waals surface area contributed by atoms with E-state index in [2.05, 4.69) is 16.6 Å². The van der Waals surface area contributed by atoms with Gasteiger partial charge in [-0.2, -0.15) is 0 Å². The van der Waals surface area contributed by atoms with E-state index in [0.717, 1.165) is 22.2 Å². The minimum absolute atomic E-state index is 0.894. The van der Waals surface area contributed by atoms with Crippen molar-refractivity contribution in [1.82, 2.24) is 4.98 Å². The monoisotopic (exact) mass is 196 g/mol. The third-order valence-electron chi connectivity index (χ3n) is 2.26. The lowest BCUT2D eigenvalue weighted by Gasteiger charge is -2.04. The molecule has 0 N–H and O–H groups in total. The van der Waals surface area contributed by atoms with E-state index in [-0.39, 0.29) is 0 Å². The maximum Gasteiger partial charge on any atom is 0.0964 e. The standard InChI is InChI=1S/C13H12N2/c1-3-10-7-8-11-6-5-9-15-13(11)12(10)14-4-2/h3-9H,1H2,2H3/b14-4-. The van der Waals surface area contributed by atoms with Crippen LogP contribution < -0.4 is 0 Å². The van der Waals surface area contributed by atoms with E-state index in [4.69, 9.17) is 0 Å². The van der Waals surface area contributed by atoms with Gasteiger partial charge >= 0.3 is 0 Å². The van der Waals surface area contributed by atoms with E-state index in [0.29, 0.717) is 0 Å². The summed E-state index contributed by atoms with van der Waals surface area (Å²) in [6.07, 6.45) is 5.36. The number of rotatable bonds is 2. The smallest absolute Gasteiger partial charge is 0.0964 e. The number of pyridine rings is 1. The van der Waals surface area contributed by atoms with E-state index in [1.165, 1.54) is 0 Å². The highest BCUT2D eigenvalue weighted by atomic mass is 14.8. The fraction of sp³-hybridized carbons (Fsp3) is 0.0769. The lowest BCUT2D eigenvalue weighted by Crippen LogP contribution is -1.82. The molecule has 0 bridgehead atoms.